The zero-order chi connectivity index (χ0) is 29.5. The van der Waals surface area contributed by atoms with Gasteiger partial charge in [0.25, 0.3) is 5.91 Å². The molecule has 11 nitrogen and oxygen atoms in total. The van der Waals surface area contributed by atoms with Crippen molar-refractivity contribution in [1.82, 2.24) is 15.2 Å². The van der Waals surface area contributed by atoms with Crippen LogP contribution in [0.2, 0.25) is 0 Å². The number of aromatic nitrogens is 1. The lowest BCUT2D eigenvalue weighted by atomic mass is 9.94. The topological polar surface area (TPSA) is 141 Å². The minimum absolute atomic E-state index is 0.0397. The minimum atomic E-state index is -1.45. The molecule has 1 saturated heterocycles. The van der Waals surface area contributed by atoms with Gasteiger partial charge in [0.2, 0.25) is 12.2 Å². The Labute approximate surface area is 246 Å². The van der Waals surface area contributed by atoms with Gasteiger partial charge in [-0.3, -0.25) is 15.0 Å². The van der Waals surface area contributed by atoms with Crippen LogP contribution >= 0.6 is 11.3 Å². The number of nitrogens with zero attached hydrogens (tertiary/aromatic N) is 3. The molecule has 1 aromatic carbocycles. The first-order valence-corrected chi connectivity index (χ1v) is 15.0. The van der Waals surface area contributed by atoms with E-state index in [1.807, 2.05) is 0 Å². The Balaban J connectivity index is 1.44. The molecule has 2 fully saturated rings. The van der Waals surface area contributed by atoms with Gasteiger partial charge >= 0.3 is 0 Å². The van der Waals surface area contributed by atoms with Gasteiger partial charge in [0.1, 0.15) is 35.2 Å². The Kier molecular flexibility index (Phi) is 8.22. The molecule has 0 spiro atoms. The summed E-state index contributed by atoms with van der Waals surface area (Å²) in [7, 11) is 1.50. The van der Waals surface area contributed by atoms with Gasteiger partial charge in [0.15, 0.2) is 0 Å². The molecular weight excluding hydrogens is 567 g/mol. The van der Waals surface area contributed by atoms with Gasteiger partial charge in [-0.05, 0) is 69.3 Å². The second kappa shape index (κ2) is 11.9. The van der Waals surface area contributed by atoms with Crippen molar-refractivity contribution in [1.29, 1.82) is 0 Å². The largest absolute Gasteiger partial charge is 0.496 e. The quantitative estimate of drug-likeness (QED) is 0.304. The molecule has 1 amide bonds. The predicted octanol–water partition coefficient (Wildman–Crippen LogP) is 3.14. The Hall–Kier alpha value is -3.07. The summed E-state index contributed by atoms with van der Waals surface area (Å²) >= 11 is 1.27. The van der Waals surface area contributed by atoms with E-state index in [1.165, 1.54) is 54.0 Å². The lowest BCUT2D eigenvalue weighted by Gasteiger charge is -2.45. The number of thiophene rings is 1. The molecule has 6 rings (SSSR count). The summed E-state index contributed by atoms with van der Waals surface area (Å²) in [5.41, 5.74) is 1.49. The van der Waals surface area contributed by atoms with E-state index in [4.69, 9.17) is 13.9 Å². The zero-order valence-corrected chi connectivity index (χ0v) is 24.2. The molecule has 4 atom stereocenters. The predicted molar refractivity (Wildman–Crippen MR) is 152 cm³/mol. The van der Waals surface area contributed by atoms with E-state index >= 15 is 0 Å². The number of hydrogen-bond acceptors (Lipinski definition) is 11. The van der Waals surface area contributed by atoms with Crippen LogP contribution in [0, 0.1) is 12.7 Å². The van der Waals surface area contributed by atoms with Crippen LogP contribution in [0.15, 0.2) is 35.1 Å². The molecule has 0 bridgehead atoms. The second-order valence-corrected chi connectivity index (χ2v) is 12.0. The summed E-state index contributed by atoms with van der Waals surface area (Å²) in [6.07, 6.45) is 2.04. The van der Waals surface area contributed by atoms with E-state index in [-0.39, 0.29) is 18.8 Å². The minimum Gasteiger partial charge on any atom is -0.496 e. The van der Waals surface area contributed by atoms with Gasteiger partial charge in [-0.15, -0.1) is 11.3 Å². The number of nitrogens with one attached hydrogen (secondary N) is 1. The number of aliphatic hydroxyl groups excluding tert-OH is 3. The van der Waals surface area contributed by atoms with Crippen LogP contribution in [0.25, 0.3) is 10.8 Å². The van der Waals surface area contributed by atoms with Crippen molar-refractivity contribution in [2.45, 2.75) is 76.0 Å². The van der Waals surface area contributed by atoms with E-state index in [9.17, 15) is 24.5 Å². The van der Waals surface area contributed by atoms with Gasteiger partial charge in [-0.1, -0.05) is 0 Å². The lowest BCUT2D eigenvalue weighted by Crippen LogP contribution is -2.61. The molecule has 226 valence electrons. The van der Waals surface area contributed by atoms with Crippen molar-refractivity contribution >= 4 is 22.2 Å². The third-order valence-corrected chi connectivity index (χ3v) is 9.73. The van der Waals surface area contributed by atoms with Crippen molar-refractivity contribution in [3.05, 3.63) is 53.2 Å². The smallest absolute Gasteiger partial charge is 0.261 e. The van der Waals surface area contributed by atoms with Crippen LogP contribution in [0.3, 0.4) is 0 Å². The highest BCUT2D eigenvalue weighted by Crippen LogP contribution is 2.47. The molecule has 1 aliphatic carbocycles. The maximum absolute atomic E-state index is 14.6. The average Bonchev–Trinajstić information content (AvgIpc) is 3.73. The molecule has 2 aromatic heterocycles. The number of carbonyl (C=O) groups is 1. The van der Waals surface area contributed by atoms with Gasteiger partial charge in [0, 0.05) is 5.56 Å². The maximum atomic E-state index is 14.6. The average molecular weight is 603 g/mol. The molecule has 2 unspecified atom stereocenters. The number of hydrogen-bond donors (Lipinski definition) is 4. The number of amides is 1. The fourth-order valence-corrected chi connectivity index (χ4v) is 7.47. The molecule has 1 saturated carbocycles. The first kappa shape index (κ1) is 29.0. The highest BCUT2D eigenvalue weighted by molar-refractivity contribution is 7.20. The summed E-state index contributed by atoms with van der Waals surface area (Å²) in [5, 5.41) is 36.0. The van der Waals surface area contributed by atoms with Crippen molar-refractivity contribution < 1.29 is 38.4 Å². The molecular formula is C29H35FN4O7S. The third kappa shape index (κ3) is 5.29. The Morgan fingerprint density at radius 3 is 2.67 bits per heavy atom. The fraction of sp³-hybridized carbons (Fsp3) is 0.517. The molecule has 13 heteroatoms. The monoisotopic (exact) mass is 602 g/mol. The number of aliphatic hydroxyl groups is 3. The second-order valence-electron chi connectivity index (χ2n) is 11.0. The van der Waals surface area contributed by atoms with Crippen molar-refractivity contribution in [2.24, 2.45) is 0 Å². The first-order valence-electron chi connectivity index (χ1n) is 14.2. The van der Waals surface area contributed by atoms with Crippen LogP contribution in [0.1, 0.15) is 59.7 Å². The van der Waals surface area contributed by atoms with Gasteiger partial charge in [-0.2, -0.15) is 0 Å². The highest BCUT2D eigenvalue weighted by atomic mass is 32.1. The fourth-order valence-electron chi connectivity index (χ4n) is 6.21. The van der Waals surface area contributed by atoms with Crippen LogP contribution < -0.4 is 15.0 Å². The molecule has 3 aliphatic rings. The molecule has 3 aromatic rings. The first-order chi connectivity index (χ1) is 20.3. The van der Waals surface area contributed by atoms with Gasteiger partial charge in [-0.25, -0.2) is 9.37 Å². The maximum Gasteiger partial charge on any atom is 0.261 e. The number of fused-ring (bicyclic) bond motifs is 1. The summed E-state index contributed by atoms with van der Waals surface area (Å²) in [6, 6.07) is 3.54. The van der Waals surface area contributed by atoms with E-state index < -0.39 is 36.4 Å². The van der Waals surface area contributed by atoms with E-state index in [1.54, 1.807) is 11.8 Å². The SMILES string of the molecule is COc1ccc(F)cc1[C@H](CN1c2sc(-c3ncco3)c(C)c2C(=O)N([C@H]2CCNC2O)C1O)O[C@H]1CC[C@@H](O)CC1. The molecule has 42 heavy (non-hydrogen) atoms. The lowest BCUT2D eigenvalue weighted by molar-refractivity contribution is -0.0662. The number of halogens is 1. The van der Waals surface area contributed by atoms with E-state index in [2.05, 4.69) is 10.3 Å². The number of methoxy groups -OCH3 is 1. The number of ether oxygens (including phenoxy) is 2. The van der Waals surface area contributed by atoms with Gasteiger partial charge < -0.3 is 34.1 Å². The van der Waals surface area contributed by atoms with Crippen LogP contribution in [-0.2, 0) is 4.74 Å². The highest BCUT2D eigenvalue weighted by Gasteiger charge is 2.47. The summed E-state index contributed by atoms with van der Waals surface area (Å²) in [5.74, 6) is -0.0950. The summed E-state index contributed by atoms with van der Waals surface area (Å²) < 4.78 is 32.4. The number of oxazole rings is 1. The summed E-state index contributed by atoms with van der Waals surface area (Å²) in [4.78, 5) is 21.9. The van der Waals surface area contributed by atoms with Crippen LogP contribution in [-0.4, -0.2) is 82.1 Å². The Morgan fingerprint density at radius 1 is 1.21 bits per heavy atom. The number of benzene rings is 1. The van der Waals surface area contributed by atoms with E-state index in [0.29, 0.717) is 76.9 Å². The summed E-state index contributed by atoms with van der Waals surface area (Å²) in [6.45, 7) is 2.33. The van der Waals surface area contributed by atoms with Crippen LogP contribution in [0.4, 0.5) is 9.39 Å². The van der Waals surface area contributed by atoms with E-state index in [0.717, 1.165) is 0 Å². The number of anilines is 1. The zero-order valence-electron chi connectivity index (χ0n) is 23.4. The number of rotatable bonds is 8. The van der Waals surface area contributed by atoms with Crippen molar-refractivity contribution in [2.75, 3.05) is 25.1 Å². The Morgan fingerprint density at radius 2 is 2.00 bits per heavy atom. The molecule has 0 radical (unpaired) electrons. The van der Waals surface area contributed by atoms with Crippen LogP contribution in [0.5, 0.6) is 5.75 Å². The number of carbonyl (C=O) groups excluding carboxylic acids is 1. The molecule has 4 heterocycles. The normalized spacial score (nSPS) is 26.9. The Bertz CT molecular complexity index is 1410. The van der Waals surface area contributed by atoms with Crippen molar-refractivity contribution in [3.8, 4) is 16.5 Å². The van der Waals surface area contributed by atoms with Crippen molar-refractivity contribution in [3.63, 3.8) is 0 Å². The standard InChI is InChI=1S/C29H35FN4O7S/c1-15-23-27(37)34(20-9-10-31-25(20)36)29(38)33(28(23)42-24(15)26-32-11-12-40-26)14-22(41-18-6-4-17(35)5-7-18)19-13-16(30)3-8-21(19)39-2/h3,8,11-13,17-18,20,22,25,29,31,35-36,38H,4-7,9-10,14H2,1-2H3/t17-,18+,20-,22-,25?,29?/m0/s1. The molecule has 4 N–H and O–H groups in total. The third-order valence-electron chi connectivity index (χ3n) is 8.41. The van der Waals surface area contributed by atoms with Gasteiger partial charge in [0.05, 0.1) is 48.5 Å². The molecule has 2 aliphatic heterocycles.